The van der Waals surface area contributed by atoms with Crippen LogP contribution in [0.15, 0.2) is 30.3 Å². The van der Waals surface area contributed by atoms with Crippen molar-refractivity contribution in [2.75, 3.05) is 17.7 Å². The number of carbonyl (C=O) groups is 1. The van der Waals surface area contributed by atoms with Gasteiger partial charge in [-0.25, -0.2) is 9.78 Å². The van der Waals surface area contributed by atoms with Gasteiger partial charge >= 0.3 is 5.97 Å². The van der Waals surface area contributed by atoms with E-state index in [1.165, 1.54) is 29.6 Å². The number of ether oxygens (including phenoxy) is 1. The minimum Gasteiger partial charge on any atom is -0.465 e. The van der Waals surface area contributed by atoms with Crippen molar-refractivity contribution in [3.05, 3.63) is 51.4 Å². The lowest BCUT2D eigenvalue weighted by Crippen LogP contribution is -2.18. The fourth-order valence-corrected chi connectivity index (χ4v) is 5.55. The minimum atomic E-state index is -0.441. The quantitative estimate of drug-likeness (QED) is 0.273. The molecule has 0 saturated carbocycles. The highest BCUT2D eigenvalue weighted by Gasteiger charge is 2.18. The molecule has 0 bridgehead atoms. The molecule has 0 atom stereocenters. The van der Waals surface area contributed by atoms with Crippen LogP contribution in [0, 0.1) is 13.8 Å². The van der Waals surface area contributed by atoms with Gasteiger partial charge in [-0.05, 0) is 67.5 Å². The number of nitrogens with zero attached hydrogens (tertiary/aromatic N) is 1. The highest BCUT2D eigenvalue weighted by atomic mass is 35.5. The van der Waals surface area contributed by atoms with Crippen molar-refractivity contribution in [3.8, 4) is 0 Å². The maximum Gasteiger partial charge on any atom is 0.349 e. The van der Waals surface area contributed by atoms with E-state index in [0.717, 1.165) is 31.1 Å². The summed E-state index contributed by atoms with van der Waals surface area (Å²) in [5.74, 6) is -0.441. The van der Waals surface area contributed by atoms with Gasteiger partial charge in [-0.15, -0.1) is 11.3 Å². The fourth-order valence-electron chi connectivity index (χ4n) is 2.86. The molecule has 9 heteroatoms. The molecular formula is C20H16ClN3O2S3. The number of methoxy groups -OCH3 is 1. The molecule has 2 heterocycles. The lowest BCUT2D eigenvalue weighted by Gasteiger charge is -2.08. The Kier molecular flexibility index (Phi) is 5.44. The van der Waals surface area contributed by atoms with Crippen LogP contribution in [0.4, 0.5) is 10.8 Å². The molecule has 0 aliphatic carbocycles. The molecule has 29 heavy (non-hydrogen) atoms. The first-order valence-electron chi connectivity index (χ1n) is 8.62. The molecule has 0 aliphatic heterocycles. The van der Waals surface area contributed by atoms with Gasteiger partial charge in [0.05, 0.1) is 22.3 Å². The molecular weight excluding hydrogens is 446 g/mol. The van der Waals surface area contributed by atoms with E-state index < -0.39 is 5.97 Å². The molecule has 0 amide bonds. The Morgan fingerprint density at radius 3 is 2.62 bits per heavy atom. The standard InChI is InChI=1S/C20H16ClN3O2S3/c1-9-6-13-15(7-10(9)2)29-20(23-13)24-19(27)22-11-4-5-12-14(8-11)28-17(16(12)21)18(25)26-3/h4-8H,1-3H3,(H2,22,23,24,27). The van der Waals surface area contributed by atoms with E-state index in [9.17, 15) is 4.79 Å². The molecule has 0 saturated heterocycles. The number of halogens is 1. The van der Waals surface area contributed by atoms with Crippen LogP contribution in [0.2, 0.25) is 5.02 Å². The number of rotatable bonds is 3. The summed E-state index contributed by atoms with van der Waals surface area (Å²) in [4.78, 5) is 16.8. The van der Waals surface area contributed by atoms with Crippen molar-refractivity contribution in [3.63, 3.8) is 0 Å². The number of carbonyl (C=O) groups excluding carboxylic acids is 1. The van der Waals surface area contributed by atoms with Crippen LogP contribution < -0.4 is 10.6 Å². The Morgan fingerprint density at radius 2 is 1.86 bits per heavy atom. The fraction of sp³-hybridized carbons (Fsp3) is 0.150. The molecule has 2 aromatic heterocycles. The van der Waals surface area contributed by atoms with E-state index in [-0.39, 0.29) is 0 Å². The Morgan fingerprint density at radius 1 is 1.10 bits per heavy atom. The molecule has 4 aromatic rings. The van der Waals surface area contributed by atoms with E-state index in [1.807, 2.05) is 18.2 Å². The number of anilines is 2. The largest absolute Gasteiger partial charge is 0.465 e. The van der Waals surface area contributed by atoms with Crippen LogP contribution in [0.5, 0.6) is 0 Å². The molecule has 0 fully saturated rings. The Bertz CT molecular complexity index is 1240. The zero-order valence-corrected chi connectivity index (χ0v) is 19.0. The number of hydrogen-bond donors (Lipinski definition) is 2. The third-order valence-electron chi connectivity index (χ3n) is 4.48. The average Bonchev–Trinajstić information content (AvgIpc) is 3.21. The minimum absolute atomic E-state index is 0.391. The average molecular weight is 462 g/mol. The summed E-state index contributed by atoms with van der Waals surface area (Å²) in [5, 5.41) is 8.68. The van der Waals surface area contributed by atoms with E-state index in [4.69, 9.17) is 28.6 Å². The number of hydrogen-bond acceptors (Lipinski definition) is 6. The molecule has 148 valence electrons. The van der Waals surface area contributed by atoms with E-state index in [0.29, 0.717) is 15.0 Å². The zero-order chi connectivity index (χ0) is 20.7. The second kappa shape index (κ2) is 7.87. The number of esters is 1. The number of thiazole rings is 1. The third-order valence-corrected chi connectivity index (χ3v) is 7.26. The van der Waals surface area contributed by atoms with Crippen LogP contribution in [-0.4, -0.2) is 23.2 Å². The summed E-state index contributed by atoms with van der Waals surface area (Å²) < 4.78 is 6.77. The Hall–Kier alpha value is -2.26. The predicted octanol–water partition coefficient (Wildman–Crippen LogP) is 6.38. The van der Waals surface area contributed by atoms with Gasteiger partial charge in [0.2, 0.25) is 0 Å². The molecule has 0 radical (unpaired) electrons. The topological polar surface area (TPSA) is 63.2 Å². The normalized spacial score (nSPS) is 11.0. The number of nitrogens with one attached hydrogen (secondary N) is 2. The van der Waals surface area contributed by atoms with Crippen molar-refractivity contribution in [1.29, 1.82) is 0 Å². The van der Waals surface area contributed by atoms with Gasteiger partial charge < -0.3 is 15.4 Å². The van der Waals surface area contributed by atoms with Gasteiger partial charge in [0.1, 0.15) is 4.88 Å². The van der Waals surface area contributed by atoms with Gasteiger partial charge in [-0.1, -0.05) is 22.9 Å². The highest BCUT2D eigenvalue weighted by molar-refractivity contribution is 7.80. The van der Waals surface area contributed by atoms with E-state index >= 15 is 0 Å². The van der Waals surface area contributed by atoms with Gasteiger partial charge in [0.15, 0.2) is 10.2 Å². The summed E-state index contributed by atoms with van der Waals surface area (Å²) in [6, 6.07) is 9.83. The van der Waals surface area contributed by atoms with Crippen LogP contribution in [0.3, 0.4) is 0 Å². The molecule has 5 nitrogen and oxygen atoms in total. The number of benzene rings is 2. The third kappa shape index (κ3) is 3.93. The van der Waals surface area contributed by atoms with Crippen LogP contribution >= 0.6 is 46.5 Å². The molecule has 0 unspecified atom stereocenters. The second-order valence-electron chi connectivity index (χ2n) is 6.45. The summed E-state index contributed by atoms with van der Waals surface area (Å²) >= 11 is 14.6. The van der Waals surface area contributed by atoms with Crippen molar-refractivity contribution in [1.82, 2.24) is 4.98 Å². The van der Waals surface area contributed by atoms with Crippen molar-refractivity contribution >= 4 is 88.7 Å². The van der Waals surface area contributed by atoms with Gasteiger partial charge in [0, 0.05) is 15.8 Å². The number of thiophene rings is 1. The highest BCUT2D eigenvalue weighted by Crippen LogP contribution is 2.37. The number of aryl methyl sites for hydroxylation is 2. The molecule has 0 spiro atoms. The smallest absolute Gasteiger partial charge is 0.349 e. The van der Waals surface area contributed by atoms with Crippen LogP contribution in [-0.2, 0) is 4.74 Å². The summed E-state index contributed by atoms with van der Waals surface area (Å²) in [5.41, 5.74) is 4.19. The maximum atomic E-state index is 11.8. The first-order valence-corrected chi connectivity index (χ1v) is 11.0. The van der Waals surface area contributed by atoms with Crippen molar-refractivity contribution in [2.24, 2.45) is 0 Å². The van der Waals surface area contributed by atoms with Crippen molar-refractivity contribution < 1.29 is 9.53 Å². The molecule has 2 N–H and O–H groups in total. The second-order valence-corrected chi connectivity index (χ2v) is 9.32. The number of aromatic nitrogens is 1. The number of thiocarbonyl (C=S) groups is 1. The van der Waals surface area contributed by atoms with Crippen LogP contribution in [0.25, 0.3) is 20.3 Å². The first kappa shape index (κ1) is 20.0. The lowest BCUT2D eigenvalue weighted by molar-refractivity contribution is 0.0606. The lowest BCUT2D eigenvalue weighted by atomic mass is 10.1. The predicted molar refractivity (Wildman–Crippen MR) is 127 cm³/mol. The Labute approximate surface area is 185 Å². The maximum absolute atomic E-state index is 11.8. The SMILES string of the molecule is COC(=O)c1sc2cc(NC(=S)Nc3nc4cc(C)c(C)cc4s3)ccc2c1Cl. The molecule has 4 rings (SSSR count). The summed E-state index contributed by atoms with van der Waals surface area (Å²) in [6.45, 7) is 4.17. The van der Waals surface area contributed by atoms with Gasteiger partial charge in [-0.3, -0.25) is 0 Å². The van der Waals surface area contributed by atoms with Gasteiger partial charge in [-0.2, -0.15) is 0 Å². The monoisotopic (exact) mass is 461 g/mol. The zero-order valence-electron chi connectivity index (χ0n) is 15.8. The molecule has 0 aliphatic rings. The van der Waals surface area contributed by atoms with Crippen molar-refractivity contribution in [2.45, 2.75) is 13.8 Å². The Balaban J connectivity index is 1.53. The molecule has 2 aromatic carbocycles. The first-order chi connectivity index (χ1) is 13.9. The number of fused-ring (bicyclic) bond motifs is 2. The van der Waals surface area contributed by atoms with E-state index in [2.05, 4.69) is 41.6 Å². The van der Waals surface area contributed by atoms with Gasteiger partial charge in [0.25, 0.3) is 0 Å². The van der Waals surface area contributed by atoms with E-state index in [1.54, 1.807) is 11.3 Å². The van der Waals surface area contributed by atoms with Crippen LogP contribution in [0.1, 0.15) is 20.8 Å². The summed E-state index contributed by atoms with van der Waals surface area (Å²) in [7, 11) is 1.34. The summed E-state index contributed by atoms with van der Waals surface area (Å²) in [6.07, 6.45) is 0.